The van der Waals surface area contributed by atoms with E-state index in [0.29, 0.717) is 0 Å². The summed E-state index contributed by atoms with van der Waals surface area (Å²) in [4.78, 5) is 0. The van der Waals surface area contributed by atoms with Gasteiger partial charge in [-0.25, -0.2) is 0 Å². The molecule has 0 aliphatic carbocycles. The van der Waals surface area contributed by atoms with Crippen molar-refractivity contribution in [3.8, 4) is 0 Å². The number of benzene rings is 3. The number of halogens is 1. The zero-order valence-corrected chi connectivity index (χ0v) is 10.2. The normalized spacial score (nSPS) is 11.6. The van der Waals surface area contributed by atoms with E-state index in [2.05, 4.69) is 18.2 Å². The lowest BCUT2D eigenvalue weighted by Crippen LogP contribution is -1.74. The Morgan fingerprint density at radius 2 is 1.56 bits per heavy atom. The second kappa shape index (κ2) is 3.50. The number of furan rings is 1. The molecule has 86 valence electrons. The van der Waals surface area contributed by atoms with Crippen molar-refractivity contribution in [3.05, 3.63) is 59.6 Å². The van der Waals surface area contributed by atoms with Crippen molar-refractivity contribution in [2.75, 3.05) is 0 Å². The van der Waals surface area contributed by atoms with Gasteiger partial charge < -0.3 is 4.42 Å². The minimum Gasteiger partial charge on any atom is -0.456 e. The second-order valence-corrected chi connectivity index (χ2v) is 4.78. The standard InChI is InChI=1S/C16H9ClO/c17-12-6-3-7-13-16(12)15-11-5-2-1-4-10(11)8-9-14(15)18-13/h1-9H. The highest BCUT2D eigenvalue weighted by Crippen LogP contribution is 2.37. The lowest BCUT2D eigenvalue weighted by atomic mass is 10.0. The lowest BCUT2D eigenvalue weighted by Gasteiger charge is -1.99. The number of hydrogen-bond acceptors (Lipinski definition) is 1. The summed E-state index contributed by atoms with van der Waals surface area (Å²) in [5, 5.41) is 5.23. The Hall–Kier alpha value is -1.99. The molecule has 18 heavy (non-hydrogen) atoms. The van der Waals surface area contributed by atoms with Crippen LogP contribution in [0.5, 0.6) is 0 Å². The van der Waals surface area contributed by atoms with E-state index in [1.54, 1.807) is 0 Å². The van der Waals surface area contributed by atoms with E-state index in [1.807, 2.05) is 36.4 Å². The van der Waals surface area contributed by atoms with Crippen LogP contribution in [0.25, 0.3) is 32.7 Å². The Morgan fingerprint density at radius 3 is 2.50 bits per heavy atom. The fraction of sp³-hybridized carbons (Fsp3) is 0. The summed E-state index contributed by atoms with van der Waals surface area (Å²) in [5.41, 5.74) is 1.73. The fourth-order valence-corrected chi connectivity index (χ4v) is 2.81. The number of rotatable bonds is 0. The van der Waals surface area contributed by atoms with Crippen LogP contribution in [0, 0.1) is 0 Å². The smallest absolute Gasteiger partial charge is 0.136 e. The zero-order chi connectivity index (χ0) is 12.1. The molecular weight excluding hydrogens is 244 g/mol. The summed E-state index contributed by atoms with van der Waals surface area (Å²) in [6.07, 6.45) is 0. The summed E-state index contributed by atoms with van der Waals surface area (Å²) in [7, 11) is 0. The average Bonchev–Trinajstić information content (AvgIpc) is 2.79. The van der Waals surface area contributed by atoms with Gasteiger partial charge in [-0.15, -0.1) is 0 Å². The van der Waals surface area contributed by atoms with Crippen LogP contribution >= 0.6 is 11.6 Å². The second-order valence-electron chi connectivity index (χ2n) is 4.37. The zero-order valence-electron chi connectivity index (χ0n) is 9.48. The molecule has 4 aromatic rings. The van der Waals surface area contributed by atoms with Gasteiger partial charge in [-0.3, -0.25) is 0 Å². The molecule has 1 aromatic heterocycles. The Bertz CT molecular complexity index is 889. The van der Waals surface area contributed by atoms with E-state index in [9.17, 15) is 0 Å². The molecule has 0 atom stereocenters. The van der Waals surface area contributed by atoms with Gasteiger partial charge >= 0.3 is 0 Å². The summed E-state index contributed by atoms with van der Waals surface area (Å²) in [6, 6.07) is 18.1. The largest absolute Gasteiger partial charge is 0.456 e. The van der Waals surface area contributed by atoms with Crippen LogP contribution in [0.4, 0.5) is 0 Å². The van der Waals surface area contributed by atoms with Gasteiger partial charge in [0.2, 0.25) is 0 Å². The van der Waals surface area contributed by atoms with Crippen LogP contribution in [0.2, 0.25) is 5.02 Å². The van der Waals surface area contributed by atoms with Crippen molar-refractivity contribution in [3.63, 3.8) is 0 Å². The Balaban J connectivity index is 2.40. The molecule has 0 N–H and O–H groups in total. The van der Waals surface area contributed by atoms with Crippen molar-refractivity contribution in [2.24, 2.45) is 0 Å². The monoisotopic (exact) mass is 252 g/mol. The van der Waals surface area contributed by atoms with Crippen LogP contribution in [-0.4, -0.2) is 0 Å². The Kier molecular flexibility index (Phi) is 1.94. The van der Waals surface area contributed by atoms with Crippen molar-refractivity contribution >= 4 is 44.3 Å². The first-order valence-electron chi connectivity index (χ1n) is 5.83. The maximum atomic E-state index is 6.32. The predicted octanol–water partition coefficient (Wildman–Crippen LogP) is 5.39. The van der Waals surface area contributed by atoms with E-state index in [-0.39, 0.29) is 0 Å². The van der Waals surface area contributed by atoms with Crippen molar-refractivity contribution in [2.45, 2.75) is 0 Å². The molecule has 0 amide bonds. The Labute approximate surface area is 109 Å². The maximum Gasteiger partial charge on any atom is 0.136 e. The van der Waals surface area contributed by atoms with Gasteiger partial charge in [-0.2, -0.15) is 0 Å². The van der Waals surface area contributed by atoms with E-state index in [4.69, 9.17) is 16.0 Å². The summed E-state index contributed by atoms with van der Waals surface area (Å²) < 4.78 is 5.86. The molecular formula is C16H9ClO. The molecule has 1 heterocycles. The van der Waals surface area contributed by atoms with Crippen molar-refractivity contribution < 1.29 is 4.42 Å². The topological polar surface area (TPSA) is 13.1 Å². The molecule has 0 aliphatic rings. The molecule has 0 aliphatic heterocycles. The van der Waals surface area contributed by atoms with Gasteiger partial charge in [0.1, 0.15) is 11.2 Å². The quantitative estimate of drug-likeness (QED) is 0.409. The van der Waals surface area contributed by atoms with Gasteiger partial charge in [0.25, 0.3) is 0 Å². The van der Waals surface area contributed by atoms with Crippen molar-refractivity contribution in [1.29, 1.82) is 0 Å². The fourth-order valence-electron chi connectivity index (χ4n) is 2.54. The molecule has 0 saturated carbocycles. The van der Waals surface area contributed by atoms with Crippen LogP contribution in [0.15, 0.2) is 59.0 Å². The highest BCUT2D eigenvalue weighted by molar-refractivity contribution is 6.39. The third-order valence-corrected chi connectivity index (χ3v) is 3.65. The first-order chi connectivity index (χ1) is 8.84. The molecule has 0 unspecified atom stereocenters. The van der Waals surface area contributed by atoms with Gasteiger partial charge in [0.15, 0.2) is 0 Å². The third kappa shape index (κ3) is 1.22. The van der Waals surface area contributed by atoms with Gasteiger partial charge in [-0.05, 0) is 29.0 Å². The maximum absolute atomic E-state index is 6.32. The Morgan fingerprint density at radius 1 is 0.722 bits per heavy atom. The first-order valence-corrected chi connectivity index (χ1v) is 6.21. The predicted molar refractivity (Wildman–Crippen MR) is 76.2 cm³/mol. The van der Waals surface area contributed by atoms with Crippen LogP contribution < -0.4 is 0 Å². The molecule has 0 spiro atoms. The SMILES string of the molecule is Clc1cccc2oc3ccc4ccccc4c3c12. The van der Waals surface area contributed by atoms with Gasteiger partial charge in [0.05, 0.1) is 5.02 Å². The van der Waals surface area contributed by atoms with Crippen LogP contribution in [0.1, 0.15) is 0 Å². The molecule has 0 radical (unpaired) electrons. The van der Waals surface area contributed by atoms with E-state index in [0.717, 1.165) is 27.0 Å². The number of hydrogen-bond donors (Lipinski definition) is 0. The van der Waals surface area contributed by atoms with E-state index < -0.39 is 0 Å². The summed E-state index contributed by atoms with van der Waals surface area (Å²) in [5.74, 6) is 0. The van der Waals surface area contributed by atoms with Gasteiger partial charge in [0, 0.05) is 10.8 Å². The van der Waals surface area contributed by atoms with Crippen molar-refractivity contribution in [1.82, 2.24) is 0 Å². The molecule has 3 aromatic carbocycles. The van der Waals surface area contributed by atoms with E-state index >= 15 is 0 Å². The highest BCUT2D eigenvalue weighted by Gasteiger charge is 2.12. The van der Waals surface area contributed by atoms with Gasteiger partial charge in [-0.1, -0.05) is 48.0 Å². The molecule has 1 nitrogen and oxygen atoms in total. The molecule has 0 fully saturated rings. The minimum absolute atomic E-state index is 0.739. The molecule has 2 heteroatoms. The molecule has 0 bridgehead atoms. The third-order valence-electron chi connectivity index (χ3n) is 3.34. The van der Waals surface area contributed by atoms with Crippen LogP contribution in [0.3, 0.4) is 0 Å². The summed E-state index contributed by atoms with van der Waals surface area (Å²) >= 11 is 6.32. The van der Waals surface area contributed by atoms with E-state index in [1.165, 1.54) is 10.8 Å². The molecule has 4 rings (SSSR count). The molecule has 0 saturated heterocycles. The summed E-state index contributed by atoms with van der Waals surface area (Å²) in [6.45, 7) is 0. The first kappa shape index (κ1) is 9.98. The minimum atomic E-state index is 0.739. The highest BCUT2D eigenvalue weighted by atomic mass is 35.5. The average molecular weight is 253 g/mol. The number of fused-ring (bicyclic) bond motifs is 5. The van der Waals surface area contributed by atoms with Crippen LogP contribution in [-0.2, 0) is 0 Å². The lowest BCUT2D eigenvalue weighted by molar-refractivity contribution is 0.669.